The van der Waals surface area contributed by atoms with Crippen LogP contribution in [0.1, 0.15) is 44.6 Å². The number of ether oxygens (including phenoxy) is 2. The van der Waals surface area contributed by atoms with Crippen molar-refractivity contribution in [3.63, 3.8) is 0 Å². The fourth-order valence-electron chi connectivity index (χ4n) is 2.95. The summed E-state index contributed by atoms with van der Waals surface area (Å²) in [5.41, 5.74) is 2.90. The third kappa shape index (κ3) is 3.48. The number of rotatable bonds is 4. The largest absolute Gasteiger partial charge is 0.465 e. The number of benzene rings is 1. The molecule has 8 heteroatoms. The van der Waals surface area contributed by atoms with Crippen LogP contribution in [0.5, 0.6) is 0 Å². The molecule has 7 nitrogen and oxygen atoms in total. The molecular formula is C19H17IN2O5. The molecule has 2 N–H and O–H groups in total. The molecule has 0 aliphatic carbocycles. The van der Waals surface area contributed by atoms with E-state index in [9.17, 15) is 14.4 Å². The summed E-state index contributed by atoms with van der Waals surface area (Å²) < 4.78 is 10.8. The Labute approximate surface area is 169 Å². The number of carbonyl (C=O) groups is 3. The zero-order valence-electron chi connectivity index (χ0n) is 14.9. The van der Waals surface area contributed by atoms with Crippen molar-refractivity contribution in [3.05, 3.63) is 49.8 Å². The van der Waals surface area contributed by atoms with Crippen LogP contribution in [0.3, 0.4) is 0 Å². The molecule has 0 atom stereocenters. The summed E-state index contributed by atoms with van der Waals surface area (Å²) >= 11 is 2.16. The average molecular weight is 480 g/mol. The van der Waals surface area contributed by atoms with Gasteiger partial charge >= 0.3 is 11.9 Å². The Hall–Kier alpha value is -2.62. The molecule has 0 unspecified atom stereocenters. The monoisotopic (exact) mass is 480 g/mol. The first-order chi connectivity index (χ1) is 12.9. The molecule has 27 heavy (non-hydrogen) atoms. The van der Waals surface area contributed by atoms with E-state index in [1.54, 1.807) is 19.9 Å². The maximum atomic E-state index is 12.4. The van der Waals surface area contributed by atoms with Crippen LogP contribution < -0.4 is 5.32 Å². The minimum Gasteiger partial charge on any atom is -0.465 e. The molecule has 0 bridgehead atoms. The van der Waals surface area contributed by atoms with Gasteiger partial charge in [0.25, 0.3) is 5.91 Å². The highest BCUT2D eigenvalue weighted by Gasteiger charge is 2.28. The van der Waals surface area contributed by atoms with E-state index < -0.39 is 11.9 Å². The van der Waals surface area contributed by atoms with Crippen LogP contribution in [0, 0.1) is 10.5 Å². The molecule has 0 spiro atoms. The van der Waals surface area contributed by atoms with E-state index in [0.717, 1.165) is 9.13 Å². The lowest BCUT2D eigenvalue weighted by Crippen LogP contribution is -2.08. The number of esters is 2. The second-order valence-electron chi connectivity index (χ2n) is 5.83. The molecule has 3 rings (SSSR count). The zero-order chi connectivity index (χ0) is 19.7. The molecule has 0 fully saturated rings. The van der Waals surface area contributed by atoms with Crippen LogP contribution in [-0.4, -0.2) is 36.5 Å². The Kier molecular flexibility index (Phi) is 5.36. The number of hydrogen-bond acceptors (Lipinski definition) is 5. The maximum Gasteiger partial charge on any atom is 0.355 e. The predicted octanol–water partition coefficient (Wildman–Crippen LogP) is 3.38. The van der Waals surface area contributed by atoms with Gasteiger partial charge in [0.05, 0.1) is 30.5 Å². The average Bonchev–Trinajstić information content (AvgIpc) is 3.12. The van der Waals surface area contributed by atoms with Crippen molar-refractivity contribution in [2.45, 2.75) is 13.8 Å². The molecule has 1 aliphatic heterocycles. The van der Waals surface area contributed by atoms with E-state index in [2.05, 4.69) is 32.9 Å². The third-order valence-corrected chi connectivity index (χ3v) is 4.87. The summed E-state index contributed by atoms with van der Waals surface area (Å²) in [5.74, 6) is -1.46. The van der Waals surface area contributed by atoms with Gasteiger partial charge in [-0.2, -0.15) is 0 Å². The lowest BCUT2D eigenvalue weighted by Gasteiger charge is -2.02. The number of methoxy groups -OCH3 is 1. The number of halogens is 1. The van der Waals surface area contributed by atoms with Crippen molar-refractivity contribution in [2.24, 2.45) is 0 Å². The van der Waals surface area contributed by atoms with Crippen LogP contribution in [0.4, 0.5) is 5.69 Å². The predicted molar refractivity (Wildman–Crippen MR) is 108 cm³/mol. The van der Waals surface area contributed by atoms with Gasteiger partial charge in [-0.25, -0.2) is 9.59 Å². The van der Waals surface area contributed by atoms with Gasteiger partial charge in [-0.15, -0.1) is 0 Å². The quantitative estimate of drug-likeness (QED) is 0.398. The Morgan fingerprint density at radius 2 is 2.00 bits per heavy atom. The number of nitrogens with one attached hydrogen (secondary N) is 2. The Balaban J connectivity index is 2.17. The van der Waals surface area contributed by atoms with Crippen molar-refractivity contribution in [1.29, 1.82) is 0 Å². The minimum absolute atomic E-state index is 0.158. The SMILES string of the molecule is CCOC(=O)c1[nH]c(C=C2C(=O)Nc3ccc(I)cc32)c(C(=O)OC)c1C. The molecule has 1 aromatic carbocycles. The smallest absolute Gasteiger partial charge is 0.355 e. The highest BCUT2D eigenvalue weighted by Crippen LogP contribution is 2.35. The first-order valence-corrected chi connectivity index (χ1v) is 9.26. The number of hydrogen-bond donors (Lipinski definition) is 2. The Morgan fingerprint density at radius 3 is 2.67 bits per heavy atom. The van der Waals surface area contributed by atoms with Gasteiger partial charge in [-0.05, 0) is 66.3 Å². The minimum atomic E-state index is -0.604. The van der Waals surface area contributed by atoms with Gasteiger partial charge in [-0.3, -0.25) is 4.79 Å². The van der Waals surface area contributed by atoms with E-state index in [1.807, 2.05) is 18.2 Å². The first kappa shape index (κ1) is 19.2. The number of fused-ring (bicyclic) bond motifs is 1. The van der Waals surface area contributed by atoms with Crippen molar-refractivity contribution >= 4 is 57.8 Å². The first-order valence-electron chi connectivity index (χ1n) is 8.18. The lowest BCUT2D eigenvalue weighted by atomic mass is 10.0. The number of H-pyrrole nitrogens is 1. The number of aromatic amines is 1. The fourth-order valence-corrected chi connectivity index (χ4v) is 3.44. The van der Waals surface area contributed by atoms with Crippen LogP contribution >= 0.6 is 22.6 Å². The molecule has 1 aliphatic rings. The summed E-state index contributed by atoms with van der Waals surface area (Å²) in [6.45, 7) is 3.53. The summed E-state index contributed by atoms with van der Waals surface area (Å²) in [5, 5.41) is 2.79. The van der Waals surface area contributed by atoms with Crippen molar-refractivity contribution in [3.8, 4) is 0 Å². The number of anilines is 1. The second-order valence-corrected chi connectivity index (χ2v) is 7.07. The van der Waals surface area contributed by atoms with Gasteiger partial charge in [-0.1, -0.05) is 0 Å². The molecule has 0 saturated heterocycles. The number of amides is 1. The van der Waals surface area contributed by atoms with E-state index >= 15 is 0 Å². The maximum absolute atomic E-state index is 12.4. The third-order valence-electron chi connectivity index (χ3n) is 4.20. The van der Waals surface area contributed by atoms with Crippen molar-refractivity contribution in [2.75, 3.05) is 19.0 Å². The van der Waals surface area contributed by atoms with Crippen molar-refractivity contribution < 1.29 is 23.9 Å². The molecule has 2 heterocycles. The van der Waals surface area contributed by atoms with Crippen LogP contribution in [0.25, 0.3) is 11.6 Å². The molecule has 0 saturated carbocycles. The topological polar surface area (TPSA) is 97.5 Å². The summed E-state index contributed by atoms with van der Waals surface area (Å²) in [6.07, 6.45) is 1.55. The zero-order valence-corrected chi connectivity index (χ0v) is 17.1. The van der Waals surface area contributed by atoms with Gasteiger partial charge in [0.2, 0.25) is 0 Å². The molecule has 0 radical (unpaired) electrons. The molecule has 140 valence electrons. The Bertz CT molecular complexity index is 990. The van der Waals surface area contributed by atoms with Gasteiger partial charge in [0.1, 0.15) is 5.69 Å². The van der Waals surface area contributed by atoms with Gasteiger partial charge in [0, 0.05) is 14.8 Å². The van der Waals surface area contributed by atoms with Crippen LogP contribution in [0.15, 0.2) is 18.2 Å². The molecular weight excluding hydrogens is 463 g/mol. The lowest BCUT2D eigenvalue weighted by molar-refractivity contribution is -0.110. The highest BCUT2D eigenvalue weighted by atomic mass is 127. The van der Waals surface area contributed by atoms with E-state index in [0.29, 0.717) is 22.5 Å². The molecule has 2 aromatic rings. The van der Waals surface area contributed by atoms with E-state index in [-0.39, 0.29) is 23.8 Å². The van der Waals surface area contributed by atoms with Gasteiger partial charge < -0.3 is 19.8 Å². The molecule has 1 aromatic heterocycles. The van der Waals surface area contributed by atoms with E-state index in [4.69, 9.17) is 9.47 Å². The fraction of sp³-hybridized carbons (Fsp3) is 0.211. The Morgan fingerprint density at radius 1 is 1.26 bits per heavy atom. The van der Waals surface area contributed by atoms with Crippen LogP contribution in [0.2, 0.25) is 0 Å². The second kappa shape index (κ2) is 7.55. The summed E-state index contributed by atoms with van der Waals surface area (Å²) in [7, 11) is 1.26. The van der Waals surface area contributed by atoms with Gasteiger partial charge in [0.15, 0.2) is 0 Å². The van der Waals surface area contributed by atoms with Crippen LogP contribution in [-0.2, 0) is 14.3 Å². The summed E-state index contributed by atoms with van der Waals surface area (Å²) in [4.78, 5) is 39.8. The van der Waals surface area contributed by atoms with Crippen molar-refractivity contribution in [1.82, 2.24) is 4.98 Å². The van der Waals surface area contributed by atoms with E-state index in [1.165, 1.54) is 7.11 Å². The molecule has 1 amide bonds. The standard InChI is InChI=1S/C19H17IN2O5/c1-4-27-19(25)16-9(2)15(18(24)26-3)14(21-16)8-12-11-7-10(20)5-6-13(11)22-17(12)23/h5-8,21H,4H2,1-3H3,(H,22,23). The summed E-state index contributed by atoms with van der Waals surface area (Å²) in [6, 6.07) is 5.58. The number of aromatic nitrogens is 1. The number of carbonyl (C=O) groups excluding carboxylic acids is 3. The highest BCUT2D eigenvalue weighted by molar-refractivity contribution is 14.1. The normalized spacial score (nSPS) is 14.1.